The van der Waals surface area contributed by atoms with Crippen molar-refractivity contribution >= 4 is 17.3 Å². The van der Waals surface area contributed by atoms with E-state index in [9.17, 15) is 4.79 Å². The minimum atomic E-state index is -0.241. The van der Waals surface area contributed by atoms with Gasteiger partial charge in [-0.05, 0) is 18.8 Å². The Hall–Kier alpha value is -1.07. The topological polar surface area (TPSA) is 56.1 Å². The normalized spacial score (nSPS) is 11.1. The second-order valence-electron chi connectivity index (χ2n) is 5.50. The number of anilines is 1. The fourth-order valence-corrected chi connectivity index (χ4v) is 2.02. The minimum Gasteiger partial charge on any atom is -0.382 e. The van der Waals surface area contributed by atoms with Gasteiger partial charge in [-0.1, -0.05) is 38.8 Å². The number of ether oxygens (including phenoxy) is 1. The predicted molar refractivity (Wildman–Crippen MR) is 87.2 cm³/mol. The highest BCUT2D eigenvalue weighted by atomic mass is 35.5. The first-order valence-corrected chi connectivity index (χ1v) is 8.01. The Morgan fingerprint density at radius 2 is 2.10 bits per heavy atom. The number of nitrogens with zero attached hydrogens (tertiary/aromatic N) is 2. The van der Waals surface area contributed by atoms with Crippen LogP contribution in [0.25, 0.3) is 0 Å². The fraction of sp³-hybridized carbons (Fsp3) is 0.733. The van der Waals surface area contributed by atoms with Gasteiger partial charge in [0.1, 0.15) is 5.02 Å². The molecule has 21 heavy (non-hydrogen) atoms. The van der Waals surface area contributed by atoms with Gasteiger partial charge in [-0.3, -0.25) is 4.79 Å². The first kappa shape index (κ1) is 18.0. The smallest absolute Gasteiger partial charge is 0.287 e. The number of hydrogen-bond donors (Lipinski definition) is 1. The molecule has 0 radical (unpaired) electrons. The molecule has 6 heteroatoms. The third-order valence-corrected chi connectivity index (χ3v) is 3.31. The van der Waals surface area contributed by atoms with Gasteiger partial charge < -0.3 is 10.1 Å². The monoisotopic (exact) mass is 315 g/mol. The number of hydrogen-bond acceptors (Lipinski definition) is 4. The molecule has 0 aliphatic heterocycles. The van der Waals surface area contributed by atoms with Gasteiger partial charge in [0.2, 0.25) is 0 Å². The highest BCUT2D eigenvalue weighted by Crippen LogP contribution is 2.15. The molecule has 0 aromatic carbocycles. The van der Waals surface area contributed by atoms with Crippen LogP contribution in [0.2, 0.25) is 5.02 Å². The molecule has 1 N–H and O–H groups in total. The molecule has 0 aliphatic carbocycles. The maximum absolute atomic E-state index is 12.0. The third-order valence-electron chi connectivity index (χ3n) is 2.95. The maximum atomic E-state index is 12.0. The van der Waals surface area contributed by atoms with Crippen LogP contribution in [0.1, 0.15) is 40.0 Å². The van der Waals surface area contributed by atoms with Gasteiger partial charge in [-0.2, -0.15) is 5.10 Å². The van der Waals surface area contributed by atoms with E-state index in [1.54, 1.807) is 6.20 Å². The summed E-state index contributed by atoms with van der Waals surface area (Å²) in [6.45, 7) is 9.01. The summed E-state index contributed by atoms with van der Waals surface area (Å²) in [4.78, 5) is 12.0. The zero-order valence-corrected chi connectivity index (χ0v) is 13.9. The first-order valence-electron chi connectivity index (χ1n) is 7.63. The van der Waals surface area contributed by atoms with Gasteiger partial charge in [0.25, 0.3) is 5.56 Å². The van der Waals surface area contributed by atoms with Crippen LogP contribution in [-0.2, 0) is 11.3 Å². The number of nitrogens with one attached hydrogen (secondary N) is 1. The van der Waals surface area contributed by atoms with E-state index in [1.807, 2.05) is 13.8 Å². The zero-order chi connectivity index (χ0) is 15.7. The van der Waals surface area contributed by atoms with Crippen molar-refractivity contribution in [2.24, 2.45) is 5.92 Å². The second-order valence-corrected chi connectivity index (χ2v) is 5.88. The molecule has 1 rings (SSSR count). The van der Waals surface area contributed by atoms with Crippen LogP contribution >= 0.6 is 11.6 Å². The molecule has 1 aromatic heterocycles. The summed E-state index contributed by atoms with van der Waals surface area (Å²) in [5, 5.41) is 7.49. The Labute approximate surface area is 131 Å². The number of rotatable bonds is 10. The van der Waals surface area contributed by atoms with E-state index in [-0.39, 0.29) is 10.6 Å². The lowest BCUT2D eigenvalue weighted by Gasteiger charge is -2.11. The van der Waals surface area contributed by atoms with Crippen molar-refractivity contribution in [2.75, 3.05) is 25.1 Å². The van der Waals surface area contributed by atoms with Crippen molar-refractivity contribution in [3.63, 3.8) is 0 Å². The maximum Gasteiger partial charge on any atom is 0.287 e. The van der Waals surface area contributed by atoms with E-state index >= 15 is 0 Å². The molecule has 0 unspecified atom stereocenters. The largest absolute Gasteiger partial charge is 0.382 e. The summed E-state index contributed by atoms with van der Waals surface area (Å²) >= 11 is 6.10. The Balaban J connectivity index is 2.42. The Morgan fingerprint density at radius 3 is 2.76 bits per heavy atom. The molecule has 1 heterocycles. The summed E-state index contributed by atoms with van der Waals surface area (Å²) in [5.41, 5.74) is 0.352. The van der Waals surface area contributed by atoms with Crippen molar-refractivity contribution in [3.8, 4) is 0 Å². The quantitative estimate of drug-likeness (QED) is 0.674. The average Bonchev–Trinajstić information content (AvgIpc) is 2.44. The minimum absolute atomic E-state index is 0.206. The molecule has 120 valence electrons. The van der Waals surface area contributed by atoms with Crippen LogP contribution in [0.15, 0.2) is 11.0 Å². The first-order chi connectivity index (χ1) is 10.1. The van der Waals surface area contributed by atoms with Gasteiger partial charge in [0, 0.05) is 26.3 Å². The summed E-state index contributed by atoms with van der Waals surface area (Å²) in [6.07, 6.45) is 4.72. The van der Waals surface area contributed by atoms with Crippen LogP contribution in [0.3, 0.4) is 0 Å². The van der Waals surface area contributed by atoms with E-state index in [0.29, 0.717) is 31.3 Å². The van der Waals surface area contributed by atoms with Crippen LogP contribution in [0.4, 0.5) is 5.69 Å². The van der Waals surface area contributed by atoms with Gasteiger partial charge in [0.05, 0.1) is 11.9 Å². The van der Waals surface area contributed by atoms with Crippen LogP contribution < -0.4 is 10.9 Å². The van der Waals surface area contributed by atoms with Crippen LogP contribution in [0, 0.1) is 5.92 Å². The molecule has 1 aromatic rings. The lowest BCUT2D eigenvalue weighted by Crippen LogP contribution is -2.26. The summed E-state index contributed by atoms with van der Waals surface area (Å²) in [5.74, 6) is 0.352. The van der Waals surface area contributed by atoms with Gasteiger partial charge in [0.15, 0.2) is 0 Å². The van der Waals surface area contributed by atoms with Gasteiger partial charge in [-0.15, -0.1) is 0 Å². The van der Waals surface area contributed by atoms with Crippen molar-refractivity contribution in [3.05, 3.63) is 21.6 Å². The number of unbranched alkanes of at least 4 members (excludes halogenated alkanes) is 1. The Morgan fingerprint density at radius 1 is 1.38 bits per heavy atom. The van der Waals surface area contributed by atoms with E-state index < -0.39 is 0 Å². The molecule has 0 atom stereocenters. The highest BCUT2D eigenvalue weighted by Gasteiger charge is 2.09. The predicted octanol–water partition coefficient (Wildman–Crippen LogP) is 3.17. The molecule has 0 amide bonds. The van der Waals surface area contributed by atoms with E-state index in [2.05, 4.69) is 17.3 Å². The van der Waals surface area contributed by atoms with E-state index in [4.69, 9.17) is 16.3 Å². The number of aromatic nitrogens is 2. The lowest BCUT2D eigenvalue weighted by molar-refractivity contribution is 0.131. The summed E-state index contributed by atoms with van der Waals surface area (Å²) < 4.78 is 6.88. The van der Waals surface area contributed by atoms with Gasteiger partial charge in [-0.25, -0.2) is 4.68 Å². The average molecular weight is 316 g/mol. The van der Waals surface area contributed by atoms with Crippen molar-refractivity contribution in [2.45, 2.75) is 46.6 Å². The molecule has 5 nitrogen and oxygen atoms in total. The van der Waals surface area contributed by atoms with Crippen LogP contribution in [0.5, 0.6) is 0 Å². The SMILES string of the molecule is CCCCOCCCNc1cnn(CC(C)C)c(=O)c1Cl. The van der Waals surface area contributed by atoms with Crippen LogP contribution in [-0.4, -0.2) is 29.5 Å². The second kappa shape index (κ2) is 9.79. The van der Waals surface area contributed by atoms with Crippen molar-refractivity contribution in [1.29, 1.82) is 0 Å². The fourth-order valence-electron chi connectivity index (χ4n) is 1.81. The molecular formula is C15H26ClN3O2. The van der Waals surface area contributed by atoms with E-state index in [1.165, 1.54) is 4.68 Å². The Bertz CT molecular complexity index is 474. The third kappa shape index (κ3) is 6.48. The highest BCUT2D eigenvalue weighted by molar-refractivity contribution is 6.32. The number of halogens is 1. The summed E-state index contributed by atoms with van der Waals surface area (Å²) in [6, 6.07) is 0. The molecule has 0 saturated heterocycles. The van der Waals surface area contributed by atoms with Crippen molar-refractivity contribution in [1.82, 2.24) is 9.78 Å². The van der Waals surface area contributed by atoms with Crippen molar-refractivity contribution < 1.29 is 4.74 Å². The Kier molecular flexibility index (Phi) is 8.38. The summed E-state index contributed by atoms with van der Waals surface area (Å²) in [7, 11) is 0. The molecule has 0 saturated carbocycles. The zero-order valence-electron chi connectivity index (χ0n) is 13.2. The molecule has 0 fully saturated rings. The molecular weight excluding hydrogens is 290 g/mol. The molecule has 0 aliphatic rings. The molecule has 0 spiro atoms. The standard InChI is InChI=1S/C15H26ClN3O2/c1-4-5-8-21-9-6-7-17-13-10-18-19(11-12(2)3)15(20)14(13)16/h10,12,17H,4-9,11H2,1-3H3. The van der Waals surface area contributed by atoms with E-state index in [0.717, 1.165) is 25.9 Å². The molecule has 0 bridgehead atoms. The van der Waals surface area contributed by atoms with Gasteiger partial charge >= 0.3 is 0 Å². The lowest BCUT2D eigenvalue weighted by atomic mass is 10.2.